The monoisotopic (exact) mass is 249 g/mol. The lowest BCUT2D eigenvalue weighted by Gasteiger charge is -2.20. The molecular formula is C13H19N3O2. The van der Waals surface area contributed by atoms with E-state index in [9.17, 15) is 10.1 Å². The van der Waals surface area contributed by atoms with Gasteiger partial charge in [0.15, 0.2) is 0 Å². The second kappa shape index (κ2) is 5.35. The summed E-state index contributed by atoms with van der Waals surface area (Å²) < 4.78 is 0. The standard InChI is InChI=1S/C13H19N3O2/c1-10-5-3-7-12(13(10)16(17)18)14-9-11-6-4-8-15(11)2/h3,5,7,11,14H,4,6,8-9H2,1-2H3. The largest absolute Gasteiger partial charge is 0.378 e. The minimum Gasteiger partial charge on any atom is -0.378 e. The molecule has 0 aromatic heterocycles. The lowest BCUT2D eigenvalue weighted by Crippen LogP contribution is -2.31. The van der Waals surface area contributed by atoms with Gasteiger partial charge in [-0.25, -0.2) is 0 Å². The zero-order valence-electron chi connectivity index (χ0n) is 10.8. The Morgan fingerprint density at radius 3 is 2.94 bits per heavy atom. The molecule has 5 heteroatoms. The van der Waals surface area contributed by atoms with Crippen LogP contribution in [-0.2, 0) is 0 Å². The highest BCUT2D eigenvalue weighted by molar-refractivity contribution is 5.65. The first-order chi connectivity index (χ1) is 8.59. The number of nitrogens with one attached hydrogen (secondary N) is 1. The molecule has 0 amide bonds. The summed E-state index contributed by atoms with van der Waals surface area (Å²) in [7, 11) is 2.10. The number of benzene rings is 1. The zero-order valence-corrected chi connectivity index (χ0v) is 10.8. The van der Waals surface area contributed by atoms with E-state index in [2.05, 4.69) is 17.3 Å². The first kappa shape index (κ1) is 12.8. The van der Waals surface area contributed by atoms with Crippen molar-refractivity contribution in [3.8, 4) is 0 Å². The predicted molar refractivity (Wildman–Crippen MR) is 72.0 cm³/mol. The molecule has 1 fully saturated rings. The van der Waals surface area contributed by atoms with E-state index >= 15 is 0 Å². The molecule has 5 nitrogen and oxygen atoms in total. The van der Waals surface area contributed by atoms with Gasteiger partial charge in [0.05, 0.1) is 4.92 Å². The summed E-state index contributed by atoms with van der Waals surface area (Å²) >= 11 is 0. The van der Waals surface area contributed by atoms with Crippen molar-refractivity contribution >= 4 is 11.4 Å². The summed E-state index contributed by atoms with van der Waals surface area (Å²) in [5.74, 6) is 0. The fourth-order valence-corrected chi connectivity index (χ4v) is 2.51. The van der Waals surface area contributed by atoms with E-state index in [-0.39, 0.29) is 10.6 Å². The minimum absolute atomic E-state index is 0.193. The maximum atomic E-state index is 11.1. The van der Waals surface area contributed by atoms with Gasteiger partial charge in [0, 0.05) is 18.2 Å². The molecule has 1 unspecified atom stereocenters. The van der Waals surface area contributed by atoms with Crippen LogP contribution in [0.15, 0.2) is 18.2 Å². The van der Waals surface area contributed by atoms with Crippen molar-refractivity contribution in [2.75, 3.05) is 25.5 Å². The number of aryl methyl sites for hydroxylation is 1. The zero-order chi connectivity index (χ0) is 13.1. The van der Waals surface area contributed by atoms with Crippen LogP contribution < -0.4 is 5.32 Å². The SMILES string of the molecule is Cc1cccc(NCC2CCCN2C)c1[N+](=O)[O-]. The number of nitro benzene ring substituents is 1. The number of nitrogens with zero attached hydrogens (tertiary/aromatic N) is 2. The normalized spacial score (nSPS) is 20.0. The number of nitro groups is 1. The molecule has 1 aromatic rings. The molecule has 1 heterocycles. The van der Waals surface area contributed by atoms with Crippen molar-refractivity contribution in [1.29, 1.82) is 0 Å². The number of hydrogen-bond donors (Lipinski definition) is 1. The van der Waals surface area contributed by atoms with E-state index in [1.54, 1.807) is 19.1 Å². The van der Waals surface area contributed by atoms with E-state index in [1.807, 2.05) is 6.07 Å². The topological polar surface area (TPSA) is 58.4 Å². The van der Waals surface area contributed by atoms with Crippen LogP contribution in [0.2, 0.25) is 0 Å². The van der Waals surface area contributed by atoms with Gasteiger partial charge < -0.3 is 10.2 Å². The van der Waals surface area contributed by atoms with Gasteiger partial charge >= 0.3 is 0 Å². The van der Waals surface area contributed by atoms with Crippen molar-refractivity contribution < 1.29 is 4.92 Å². The number of hydrogen-bond acceptors (Lipinski definition) is 4. The number of likely N-dealkylation sites (N-methyl/N-ethyl adjacent to an activating group) is 1. The van der Waals surface area contributed by atoms with E-state index in [0.717, 1.165) is 19.5 Å². The fraction of sp³-hybridized carbons (Fsp3) is 0.538. The van der Waals surface area contributed by atoms with E-state index in [0.29, 0.717) is 17.3 Å². The summed E-state index contributed by atoms with van der Waals surface area (Å²) in [5, 5.41) is 14.3. The summed E-state index contributed by atoms with van der Waals surface area (Å²) in [6, 6.07) is 5.87. The van der Waals surface area contributed by atoms with Gasteiger partial charge in [0.2, 0.25) is 0 Å². The van der Waals surface area contributed by atoms with Crippen molar-refractivity contribution in [2.24, 2.45) is 0 Å². The fourth-order valence-electron chi connectivity index (χ4n) is 2.51. The third kappa shape index (κ3) is 2.61. The van der Waals surface area contributed by atoms with Crippen molar-refractivity contribution in [3.05, 3.63) is 33.9 Å². The van der Waals surface area contributed by atoms with Crippen LogP contribution in [0.4, 0.5) is 11.4 Å². The molecule has 0 aliphatic carbocycles. The number of likely N-dealkylation sites (tertiary alicyclic amines) is 1. The Bertz CT molecular complexity index is 448. The highest BCUT2D eigenvalue weighted by Crippen LogP contribution is 2.28. The highest BCUT2D eigenvalue weighted by atomic mass is 16.6. The molecule has 1 N–H and O–H groups in total. The van der Waals surface area contributed by atoms with Gasteiger partial charge in [0.1, 0.15) is 5.69 Å². The van der Waals surface area contributed by atoms with Crippen LogP contribution in [0.1, 0.15) is 18.4 Å². The van der Waals surface area contributed by atoms with Gasteiger partial charge in [-0.15, -0.1) is 0 Å². The highest BCUT2D eigenvalue weighted by Gasteiger charge is 2.22. The van der Waals surface area contributed by atoms with Crippen LogP contribution >= 0.6 is 0 Å². The molecule has 0 saturated carbocycles. The molecule has 1 atom stereocenters. The Morgan fingerprint density at radius 1 is 1.56 bits per heavy atom. The summed E-state index contributed by atoms with van der Waals surface area (Å²) in [4.78, 5) is 13.0. The molecule has 0 spiro atoms. The lowest BCUT2D eigenvalue weighted by molar-refractivity contribution is -0.384. The Kier molecular flexibility index (Phi) is 3.81. The molecule has 0 radical (unpaired) electrons. The second-order valence-corrected chi connectivity index (χ2v) is 4.89. The molecule has 0 bridgehead atoms. The van der Waals surface area contributed by atoms with Crippen LogP contribution in [-0.4, -0.2) is 36.0 Å². The maximum absolute atomic E-state index is 11.1. The molecule has 1 aliphatic rings. The molecular weight excluding hydrogens is 230 g/mol. The quantitative estimate of drug-likeness (QED) is 0.657. The molecule has 1 aromatic carbocycles. The molecule has 1 saturated heterocycles. The molecule has 98 valence electrons. The van der Waals surface area contributed by atoms with E-state index < -0.39 is 0 Å². The van der Waals surface area contributed by atoms with Crippen LogP contribution in [0.3, 0.4) is 0 Å². The minimum atomic E-state index is -0.309. The summed E-state index contributed by atoms with van der Waals surface area (Å²) in [6.07, 6.45) is 2.36. The van der Waals surface area contributed by atoms with Crippen LogP contribution in [0, 0.1) is 17.0 Å². The Labute approximate surface area is 107 Å². The summed E-state index contributed by atoms with van der Waals surface area (Å²) in [5.41, 5.74) is 1.52. The average Bonchev–Trinajstić information content (AvgIpc) is 2.71. The lowest BCUT2D eigenvalue weighted by atomic mass is 10.1. The predicted octanol–water partition coefficient (Wildman–Crippen LogP) is 2.41. The van der Waals surface area contributed by atoms with Crippen molar-refractivity contribution in [3.63, 3.8) is 0 Å². The number of rotatable bonds is 4. The van der Waals surface area contributed by atoms with Crippen molar-refractivity contribution in [2.45, 2.75) is 25.8 Å². The number of anilines is 1. The Balaban J connectivity index is 2.09. The van der Waals surface area contributed by atoms with E-state index in [1.165, 1.54) is 6.42 Å². The van der Waals surface area contributed by atoms with E-state index in [4.69, 9.17) is 0 Å². The average molecular weight is 249 g/mol. The van der Waals surface area contributed by atoms with Gasteiger partial charge in [-0.05, 0) is 39.4 Å². The maximum Gasteiger partial charge on any atom is 0.295 e. The van der Waals surface area contributed by atoms with Crippen LogP contribution in [0.25, 0.3) is 0 Å². The van der Waals surface area contributed by atoms with Crippen molar-refractivity contribution in [1.82, 2.24) is 4.90 Å². The Hall–Kier alpha value is -1.62. The van der Waals surface area contributed by atoms with Gasteiger partial charge in [-0.3, -0.25) is 10.1 Å². The van der Waals surface area contributed by atoms with Crippen LogP contribution in [0.5, 0.6) is 0 Å². The summed E-state index contributed by atoms with van der Waals surface area (Å²) in [6.45, 7) is 3.65. The third-order valence-corrected chi connectivity index (χ3v) is 3.62. The van der Waals surface area contributed by atoms with Gasteiger partial charge in [-0.1, -0.05) is 12.1 Å². The molecule has 18 heavy (non-hydrogen) atoms. The van der Waals surface area contributed by atoms with Gasteiger partial charge in [0.25, 0.3) is 5.69 Å². The number of para-hydroxylation sites is 1. The first-order valence-electron chi connectivity index (χ1n) is 6.27. The third-order valence-electron chi connectivity index (χ3n) is 3.62. The second-order valence-electron chi connectivity index (χ2n) is 4.89. The molecule has 2 rings (SSSR count). The Morgan fingerprint density at radius 2 is 2.33 bits per heavy atom. The first-order valence-corrected chi connectivity index (χ1v) is 6.27. The van der Waals surface area contributed by atoms with Gasteiger partial charge in [-0.2, -0.15) is 0 Å². The smallest absolute Gasteiger partial charge is 0.295 e. The molecule has 1 aliphatic heterocycles.